The number of sulfonamides is 1. The van der Waals surface area contributed by atoms with Crippen LogP contribution in [0.15, 0.2) is 23.1 Å². The van der Waals surface area contributed by atoms with Gasteiger partial charge >= 0.3 is 6.03 Å². The highest BCUT2D eigenvalue weighted by Gasteiger charge is 2.11. The van der Waals surface area contributed by atoms with Crippen molar-refractivity contribution in [2.24, 2.45) is 5.14 Å². The number of amides is 2. The van der Waals surface area contributed by atoms with E-state index in [1.807, 2.05) is 0 Å². The smallest absolute Gasteiger partial charge is 0.319 e. The van der Waals surface area contributed by atoms with Crippen LogP contribution < -0.4 is 15.8 Å². The minimum absolute atomic E-state index is 0.122. The van der Waals surface area contributed by atoms with E-state index in [0.29, 0.717) is 0 Å². The lowest BCUT2D eigenvalue weighted by atomic mass is 10.3. The highest BCUT2D eigenvalue weighted by molar-refractivity contribution is 7.89. The largest absolute Gasteiger partial charge is 0.341 e. The lowest BCUT2D eigenvalue weighted by molar-refractivity contribution is 0.254. The highest BCUT2D eigenvalue weighted by atomic mass is 35.5. The van der Waals surface area contributed by atoms with Crippen LogP contribution in [0.1, 0.15) is 0 Å². The number of carbonyl (C=O) groups is 1. The van der Waals surface area contributed by atoms with Gasteiger partial charge in [0.1, 0.15) is 0 Å². The number of hydrogen-bond acceptors (Lipinski definition) is 3. The molecule has 0 spiro atoms. The molecule has 88 valence electrons. The Labute approximate surface area is 97.8 Å². The van der Waals surface area contributed by atoms with Gasteiger partial charge in [-0.1, -0.05) is 11.6 Å². The molecule has 8 heteroatoms. The molecule has 0 saturated carbocycles. The number of hydrogen-bond donors (Lipinski definition) is 3. The van der Waals surface area contributed by atoms with E-state index < -0.39 is 16.1 Å². The van der Waals surface area contributed by atoms with Crippen molar-refractivity contribution in [2.75, 3.05) is 12.4 Å². The standard InChI is InChI=1S/C8H10ClN3O3S/c1-11-8(13)12-7-4-5(16(10,14)15)2-3-6(7)9/h2-4H,1H3,(H2,10,14,15)(H2,11,12,13). The van der Waals surface area contributed by atoms with Crippen LogP contribution in [0.25, 0.3) is 0 Å². The first kappa shape index (κ1) is 12.8. The molecule has 1 aromatic carbocycles. The van der Waals surface area contributed by atoms with Gasteiger partial charge in [0.2, 0.25) is 10.0 Å². The first-order valence-electron chi connectivity index (χ1n) is 4.15. The summed E-state index contributed by atoms with van der Waals surface area (Å²) in [5.74, 6) is 0. The lowest BCUT2D eigenvalue weighted by Crippen LogP contribution is -2.24. The number of halogens is 1. The van der Waals surface area contributed by atoms with Crippen molar-refractivity contribution in [2.45, 2.75) is 4.90 Å². The monoisotopic (exact) mass is 263 g/mol. The van der Waals surface area contributed by atoms with Gasteiger partial charge < -0.3 is 10.6 Å². The molecule has 0 aliphatic heterocycles. The van der Waals surface area contributed by atoms with Crippen LogP contribution in [0.5, 0.6) is 0 Å². The number of carbonyl (C=O) groups excluding carboxylic acids is 1. The molecule has 0 fully saturated rings. The summed E-state index contributed by atoms with van der Waals surface area (Å²) in [5.41, 5.74) is 0.174. The highest BCUT2D eigenvalue weighted by Crippen LogP contribution is 2.24. The van der Waals surface area contributed by atoms with E-state index in [1.54, 1.807) is 0 Å². The Kier molecular flexibility index (Phi) is 3.74. The first-order valence-corrected chi connectivity index (χ1v) is 6.08. The van der Waals surface area contributed by atoms with Crippen molar-refractivity contribution in [3.63, 3.8) is 0 Å². The predicted molar refractivity (Wildman–Crippen MR) is 60.9 cm³/mol. The molecule has 0 saturated heterocycles. The number of anilines is 1. The average Bonchev–Trinajstić information content (AvgIpc) is 2.19. The fourth-order valence-corrected chi connectivity index (χ4v) is 1.67. The maximum absolute atomic E-state index is 11.1. The van der Waals surface area contributed by atoms with Crippen LogP contribution >= 0.6 is 11.6 Å². The Morgan fingerprint density at radius 1 is 1.44 bits per heavy atom. The summed E-state index contributed by atoms with van der Waals surface area (Å²) < 4.78 is 22.1. The van der Waals surface area contributed by atoms with E-state index in [2.05, 4.69) is 10.6 Å². The van der Waals surface area contributed by atoms with Crippen LogP contribution in [-0.4, -0.2) is 21.5 Å². The van der Waals surface area contributed by atoms with Crippen LogP contribution in [0.3, 0.4) is 0 Å². The van der Waals surface area contributed by atoms with E-state index in [4.69, 9.17) is 16.7 Å². The summed E-state index contributed by atoms with van der Waals surface area (Å²) in [4.78, 5) is 10.9. The van der Waals surface area contributed by atoms with Gasteiger partial charge in [-0.2, -0.15) is 0 Å². The second-order valence-electron chi connectivity index (χ2n) is 2.89. The van der Waals surface area contributed by atoms with Crippen molar-refractivity contribution in [1.29, 1.82) is 0 Å². The summed E-state index contributed by atoms with van der Waals surface area (Å²) in [5, 5.41) is 9.84. The van der Waals surface area contributed by atoms with Crippen LogP contribution in [-0.2, 0) is 10.0 Å². The molecule has 0 heterocycles. The number of primary sulfonamides is 1. The minimum atomic E-state index is -3.81. The molecule has 0 aliphatic carbocycles. The fraction of sp³-hybridized carbons (Fsp3) is 0.125. The Morgan fingerprint density at radius 3 is 2.56 bits per heavy atom. The van der Waals surface area contributed by atoms with Crippen molar-refractivity contribution in [3.8, 4) is 0 Å². The SMILES string of the molecule is CNC(=O)Nc1cc(S(N)(=O)=O)ccc1Cl. The minimum Gasteiger partial charge on any atom is -0.341 e. The molecule has 6 nitrogen and oxygen atoms in total. The summed E-state index contributed by atoms with van der Waals surface area (Å²) in [6, 6.07) is 3.28. The van der Waals surface area contributed by atoms with Crippen LogP contribution in [0.4, 0.5) is 10.5 Å². The second kappa shape index (κ2) is 4.69. The summed E-state index contributed by atoms with van der Waals surface area (Å²) >= 11 is 5.77. The quantitative estimate of drug-likeness (QED) is 0.733. The van der Waals surface area contributed by atoms with E-state index in [9.17, 15) is 13.2 Å². The van der Waals surface area contributed by atoms with Gasteiger partial charge in [0, 0.05) is 7.05 Å². The first-order chi connectivity index (χ1) is 7.34. The van der Waals surface area contributed by atoms with Crippen molar-refractivity contribution >= 4 is 33.3 Å². The van der Waals surface area contributed by atoms with Crippen molar-refractivity contribution in [3.05, 3.63) is 23.2 Å². The zero-order valence-electron chi connectivity index (χ0n) is 8.32. The van der Waals surface area contributed by atoms with E-state index in [1.165, 1.54) is 25.2 Å². The molecule has 0 aromatic heterocycles. The summed E-state index contributed by atoms with van der Waals surface area (Å²) in [7, 11) is -2.39. The zero-order valence-corrected chi connectivity index (χ0v) is 9.89. The predicted octanol–water partition coefficient (Wildman–Crippen LogP) is 0.739. The molecule has 0 unspecified atom stereocenters. The van der Waals surface area contributed by atoms with Gasteiger partial charge in [0.15, 0.2) is 0 Å². The fourth-order valence-electron chi connectivity index (χ4n) is 0.962. The van der Waals surface area contributed by atoms with Gasteiger partial charge in [0.05, 0.1) is 15.6 Å². The van der Waals surface area contributed by atoms with Gasteiger partial charge in [-0.3, -0.25) is 0 Å². The molecule has 4 N–H and O–H groups in total. The Bertz CT molecular complexity index is 515. The number of nitrogens with two attached hydrogens (primary N) is 1. The number of rotatable bonds is 2. The Hall–Kier alpha value is -1.31. The topological polar surface area (TPSA) is 101 Å². The molecule has 0 aliphatic rings. The lowest BCUT2D eigenvalue weighted by Gasteiger charge is -2.07. The number of benzene rings is 1. The average molecular weight is 264 g/mol. The van der Waals surface area contributed by atoms with Gasteiger partial charge in [-0.15, -0.1) is 0 Å². The molecular formula is C8H10ClN3O3S. The molecular weight excluding hydrogens is 254 g/mol. The van der Waals surface area contributed by atoms with Gasteiger partial charge in [0.25, 0.3) is 0 Å². The Morgan fingerprint density at radius 2 is 2.06 bits per heavy atom. The molecule has 16 heavy (non-hydrogen) atoms. The van der Waals surface area contributed by atoms with Crippen LogP contribution in [0, 0.1) is 0 Å². The molecule has 0 atom stereocenters. The summed E-state index contributed by atoms with van der Waals surface area (Å²) in [6.45, 7) is 0. The third-order valence-electron chi connectivity index (χ3n) is 1.74. The van der Waals surface area contributed by atoms with Gasteiger partial charge in [-0.05, 0) is 18.2 Å². The molecule has 1 aromatic rings. The molecule has 0 bridgehead atoms. The third kappa shape index (κ3) is 3.09. The second-order valence-corrected chi connectivity index (χ2v) is 4.86. The normalized spacial score (nSPS) is 10.9. The van der Waals surface area contributed by atoms with E-state index >= 15 is 0 Å². The Balaban J connectivity index is 3.14. The number of nitrogens with one attached hydrogen (secondary N) is 2. The van der Waals surface area contributed by atoms with E-state index in [0.717, 1.165) is 0 Å². The summed E-state index contributed by atoms with van der Waals surface area (Å²) in [6.07, 6.45) is 0. The van der Waals surface area contributed by atoms with Crippen LogP contribution in [0.2, 0.25) is 5.02 Å². The van der Waals surface area contributed by atoms with Crippen molar-refractivity contribution < 1.29 is 13.2 Å². The molecule has 2 amide bonds. The van der Waals surface area contributed by atoms with E-state index in [-0.39, 0.29) is 15.6 Å². The molecule has 0 radical (unpaired) electrons. The van der Waals surface area contributed by atoms with Gasteiger partial charge in [-0.25, -0.2) is 18.4 Å². The number of urea groups is 1. The third-order valence-corrected chi connectivity index (χ3v) is 2.98. The molecule has 1 rings (SSSR count). The maximum Gasteiger partial charge on any atom is 0.319 e. The zero-order chi connectivity index (χ0) is 12.3. The maximum atomic E-state index is 11.1. The van der Waals surface area contributed by atoms with Crippen molar-refractivity contribution in [1.82, 2.24) is 5.32 Å².